The van der Waals surface area contributed by atoms with Crippen LogP contribution in [0, 0.1) is 0 Å². The first-order valence-electron chi connectivity index (χ1n) is 8.25. The maximum Gasteiger partial charge on any atom is 0.321 e. The summed E-state index contributed by atoms with van der Waals surface area (Å²) in [5.41, 5.74) is 0.623. The minimum Gasteiger partial charge on any atom is -0.381 e. The monoisotopic (exact) mass is 424 g/mol. The maximum absolute atomic E-state index is 12.6. The van der Waals surface area contributed by atoms with Crippen molar-refractivity contribution < 1.29 is 9.53 Å². The summed E-state index contributed by atoms with van der Waals surface area (Å²) in [4.78, 5) is 12.6. The van der Waals surface area contributed by atoms with Crippen molar-refractivity contribution >= 4 is 38.4 Å². The summed E-state index contributed by atoms with van der Waals surface area (Å²) in [5, 5.41) is 15.5. The minimum absolute atomic E-state index is 0.270. The first-order chi connectivity index (χ1) is 12.0. The van der Waals surface area contributed by atoms with Crippen LogP contribution in [0.15, 0.2) is 28.7 Å². The summed E-state index contributed by atoms with van der Waals surface area (Å²) in [6.07, 6.45) is 1.45. The number of carbonyl (C=O) groups excluding carboxylic acids is 1. The molecule has 0 spiro atoms. The van der Waals surface area contributed by atoms with Crippen LogP contribution in [0.4, 0.5) is 9.93 Å². The van der Waals surface area contributed by atoms with E-state index in [1.807, 2.05) is 24.3 Å². The third-order valence-corrected chi connectivity index (χ3v) is 5.86. The Bertz CT molecular complexity index is 744. The number of hydrogen-bond acceptors (Lipinski definition) is 5. The molecule has 1 aromatic carbocycles. The molecule has 0 aliphatic carbocycles. The molecule has 134 valence electrons. The standard InChI is InChI=1S/C17H21BrN4O2S/c1-11(2)14-21-22-16(25-14)19-15(23)20-17(6-8-24-9-7-17)12-4-3-5-13(18)10-12/h3-5,10-11H,6-9H2,1-2H3,(H2,19,20,22,23). The molecule has 8 heteroatoms. The van der Waals surface area contributed by atoms with Crippen LogP contribution in [0.5, 0.6) is 0 Å². The molecule has 3 rings (SSSR count). The number of carbonyl (C=O) groups is 1. The number of hydrogen-bond donors (Lipinski definition) is 2. The van der Waals surface area contributed by atoms with Crippen LogP contribution in [-0.4, -0.2) is 29.4 Å². The molecule has 1 aliphatic heterocycles. The quantitative estimate of drug-likeness (QED) is 0.768. The SMILES string of the molecule is CC(C)c1nnc(NC(=O)NC2(c3cccc(Br)c3)CCOCC2)s1. The molecule has 0 bridgehead atoms. The topological polar surface area (TPSA) is 76.1 Å². The van der Waals surface area contributed by atoms with E-state index in [1.165, 1.54) is 11.3 Å². The number of anilines is 1. The number of ether oxygens (including phenoxy) is 1. The molecule has 2 aromatic rings. The second-order valence-corrected chi connectivity index (χ2v) is 8.31. The van der Waals surface area contributed by atoms with E-state index in [1.54, 1.807) is 0 Å². The average molecular weight is 425 g/mol. The Morgan fingerprint density at radius 2 is 2.08 bits per heavy atom. The lowest BCUT2D eigenvalue weighted by atomic mass is 9.83. The normalized spacial score (nSPS) is 16.6. The first-order valence-corrected chi connectivity index (χ1v) is 9.86. The Hall–Kier alpha value is -1.51. The van der Waals surface area contributed by atoms with Crippen molar-refractivity contribution in [1.29, 1.82) is 0 Å². The zero-order valence-electron chi connectivity index (χ0n) is 14.2. The molecule has 2 N–H and O–H groups in total. The maximum atomic E-state index is 12.6. The van der Waals surface area contributed by atoms with E-state index in [0.29, 0.717) is 24.3 Å². The van der Waals surface area contributed by atoms with Gasteiger partial charge in [0.2, 0.25) is 5.13 Å². The van der Waals surface area contributed by atoms with Crippen molar-refractivity contribution in [2.75, 3.05) is 18.5 Å². The number of nitrogens with one attached hydrogen (secondary N) is 2. The smallest absolute Gasteiger partial charge is 0.321 e. The van der Waals surface area contributed by atoms with Gasteiger partial charge >= 0.3 is 6.03 Å². The molecule has 6 nitrogen and oxygen atoms in total. The fourth-order valence-corrected chi connectivity index (χ4v) is 4.00. The third-order valence-electron chi connectivity index (χ3n) is 4.23. The molecule has 0 unspecified atom stereocenters. The van der Waals surface area contributed by atoms with Gasteiger partial charge in [-0.2, -0.15) is 0 Å². The number of halogens is 1. The van der Waals surface area contributed by atoms with Crippen LogP contribution in [0.25, 0.3) is 0 Å². The van der Waals surface area contributed by atoms with Crippen LogP contribution >= 0.6 is 27.3 Å². The van der Waals surface area contributed by atoms with Gasteiger partial charge in [0.15, 0.2) is 0 Å². The van der Waals surface area contributed by atoms with Gasteiger partial charge in [0.1, 0.15) is 5.01 Å². The van der Waals surface area contributed by atoms with Gasteiger partial charge in [0.05, 0.1) is 5.54 Å². The van der Waals surface area contributed by atoms with Gasteiger partial charge in [-0.15, -0.1) is 10.2 Å². The van der Waals surface area contributed by atoms with Crippen molar-refractivity contribution in [3.63, 3.8) is 0 Å². The number of urea groups is 1. The first kappa shape index (κ1) is 18.3. The Labute approximate surface area is 159 Å². The minimum atomic E-state index is -0.447. The lowest BCUT2D eigenvalue weighted by molar-refractivity contribution is 0.0418. The van der Waals surface area contributed by atoms with Gasteiger partial charge in [-0.25, -0.2) is 4.79 Å². The summed E-state index contributed by atoms with van der Waals surface area (Å²) in [5.74, 6) is 0.291. The number of rotatable bonds is 4. The van der Waals surface area contributed by atoms with Crippen LogP contribution in [0.3, 0.4) is 0 Å². The summed E-state index contributed by atoms with van der Waals surface area (Å²) in [6.45, 7) is 5.33. The summed E-state index contributed by atoms with van der Waals surface area (Å²) in [6, 6.07) is 7.78. The van der Waals surface area contributed by atoms with E-state index < -0.39 is 5.54 Å². The molecule has 25 heavy (non-hydrogen) atoms. The summed E-state index contributed by atoms with van der Waals surface area (Å²) in [7, 11) is 0. The Kier molecular flexibility index (Phi) is 5.71. The molecular weight excluding hydrogens is 404 g/mol. The lowest BCUT2D eigenvalue weighted by Gasteiger charge is -2.38. The highest BCUT2D eigenvalue weighted by Crippen LogP contribution is 2.33. The van der Waals surface area contributed by atoms with E-state index in [2.05, 4.69) is 50.6 Å². The number of amides is 2. The second-order valence-electron chi connectivity index (χ2n) is 6.38. The van der Waals surface area contributed by atoms with Gasteiger partial charge in [-0.05, 0) is 30.5 Å². The zero-order chi connectivity index (χ0) is 17.9. The van der Waals surface area contributed by atoms with Crippen molar-refractivity contribution in [3.8, 4) is 0 Å². The van der Waals surface area contributed by atoms with E-state index >= 15 is 0 Å². The van der Waals surface area contributed by atoms with E-state index in [9.17, 15) is 4.79 Å². The molecular formula is C17H21BrN4O2S. The van der Waals surface area contributed by atoms with Crippen molar-refractivity contribution in [2.24, 2.45) is 0 Å². The second kappa shape index (κ2) is 7.80. The number of benzene rings is 1. The fraction of sp³-hybridized carbons (Fsp3) is 0.471. The molecule has 1 aliphatic rings. The van der Waals surface area contributed by atoms with Crippen molar-refractivity contribution in [2.45, 2.75) is 38.1 Å². The highest BCUT2D eigenvalue weighted by atomic mass is 79.9. The average Bonchev–Trinajstić information content (AvgIpc) is 3.04. The van der Waals surface area contributed by atoms with E-state index in [-0.39, 0.29) is 6.03 Å². The molecule has 1 aromatic heterocycles. The molecule has 2 heterocycles. The number of nitrogens with zero attached hydrogens (tertiary/aromatic N) is 2. The van der Waals surface area contributed by atoms with Crippen LogP contribution in [0.1, 0.15) is 43.2 Å². The van der Waals surface area contributed by atoms with Gasteiger partial charge in [0, 0.05) is 23.6 Å². The predicted octanol–water partition coefficient (Wildman–Crippen LogP) is 4.25. The van der Waals surface area contributed by atoms with Gasteiger partial charge in [-0.3, -0.25) is 5.32 Å². The van der Waals surface area contributed by atoms with Crippen LogP contribution in [-0.2, 0) is 10.3 Å². The largest absolute Gasteiger partial charge is 0.381 e. The molecule has 1 fully saturated rings. The van der Waals surface area contributed by atoms with E-state index in [0.717, 1.165) is 27.9 Å². The summed E-state index contributed by atoms with van der Waals surface area (Å²) >= 11 is 4.92. The Morgan fingerprint density at radius 3 is 2.72 bits per heavy atom. The molecule has 0 atom stereocenters. The zero-order valence-corrected chi connectivity index (χ0v) is 16.6. The Balaban J connectivity index is 1.76. The highest BCUT2D eigenvalue weighted by Gasteiger charge is 2.36. The predicted molar refractivity (Wildman–Crippen MR) is 102 cm³/mol. The molecule has 1 saturated heterocycles. The Morgan fingerprint density at radius 1 is 1.32 bits per heavy atom. The van der Waals surface area contributed by atoms with Gasteiger partial charge < -0.3 is 10.1 Å². The van der Waals surface area contributed by atoms with Crippen molar-refractivity contribution in [1.82, 2.24) is 15.5 Å². The summed E-state index contributed by atoms with van der Waals surface area (Å²) < 4.78 is 6.49. The number of aromatic nitrogens is 2. The van der Waals surface area contributed by atoms with E-state index in [4.69, 9.17) is 4.74 Å². The van der Waals surface area contributed by atoms with Crippen LogP contribution < -0.4 is 10.6 Å². The molecule has 0 saturated carbocycles. The van der Waals surface area contributed by atoms with Crippen LogP contribution in [0.2, 0.25) is 0 Å². The third kappa shape index (κ3) is 4.37. The van der Waals surface area contributed by atoms with Crippen molar-refractivity contribution in [3.05, 3.63) is 39.3 Å². The highest BCUT2D eigenvalue weighted by molar-refractivity contribution is 9.10. The molecule has 2 amide bonds. The lowest BCUT2D eigenvalue weighted by Crippen LogP contribution is -2.50. The fourth-order valence-electron chi connectivity index (χ4n) is 2.86. The molecule has 0 radical (unpaired) electrons. The van der Waals surface area contributed by atoms with Gasteiger partial charge in [0.25, 0.3) is 0 Å². The van der Waals surface area contributed by atoms with Gasteiger partial charge in [-0.1, -0.05) is 53.2 Å².